The van der Waals surface area contributed by atoms with Crippen LogP contribution in [-0.4, -0.2) is 45.9 Å². The number of para-hydroxylation sites is 1. The van der Waals surface area contributed by atoms with Gasteiger partial charge in [0.2, 0.25) is 0 Å². The number of nitrogens with one attached hydrogen (secondary N) is 1. The van der Waals surface area contributed by atoms with Crippen LogP contribution < -0.4 is 5.32 Å². The van der Waals surface area contributed by atoms with Crippen molar-refractivity contribution in [2.45, 2.75) is 45.8 Å². The molecule has 1 atom stereocenters. The molecule has 2 aromatic heterocycles. The molecule has 2 aromatic carbocycles. The van der Waals surface area contributed by atoms with Crippen LogP contribution in [0, 0.1) is 0 Å². The van der Waals surface area contributed by atoms with Crippen molar-refractivity contribution < 1.29 is 14.3 Å². The van der Waals surface area contributed by atoms with Gasteiger partial charge < -0.3 is 4.74 Å². The number of anilines is 1. The Labute approximate surface area is 241 Å². The Morgan fingerprint density at radius 1 is 1.13 bits per heavy atom. The van der Waals surface area contributed by atoms with Crippen molar-refractivity contribution in [3.63, 3.8) is 0 Å². The summed E-state index contributed by atoms with van der Waals surface area (Å²) in [6.45, 7) is 6.43. The maximum absolute atomic E-state index is 13.7. The smallest absolute Gasteiger partial charge is 0.340 e. The maximum Gasteiger partial charge on any atom is 0.340 e. The number of carbonyl (C=O) groups is 2. The number of aromatic nitrogens is 2. The number of pyridine rings is 1. The number of amides is 1. The van der Waals surface area contributed by atoms with Crippen LogP contribution >= 0.6 is 34.5 Å². The van der Waals surface area contributed by atoms with Gasteiger partial charge >= 0.3 is 5.97 Å². The summed E-state index contributed by atoms with van der Waals surface area (Å²) in [5.41, 5.74) is 4.50. The van der Waals surface area contributed by atoms with Crippen molar-refractivity contribution in [3.8, 4) is 11.3 Å². The number of esters is 1. The second-order valence-electron chi connectivity index (χ2n) is 9.41. The quantitative estimate of drug-likeness (QED) is 0.225. The third-order valence-corrected chi connectivity index (χ3v) is 8.23. The van der Waals surface area contributed by atoms with E-state index >= 15 is 0 Å². The van der Waals surface area contributed by atoms with Crippen LogP contribution in [0.25, 0.3) is 22.2 Å². The van der Waals surface area contributed by atoms with E-state index in [-0.39, 0.29) is 0 Å². The first-order chi connectivity index (χ1) is 18.9. The van der Waals surface area contributed by atoms with Crippen LogP contribution in [0.1, 0.15) is 48.3 Å². The normalized spacial score (nSPS) is 14.2. The van der Waals surface area contributed by atoms with Gasteiger partial charge in [0.25, 0.3) is 5.91 Å². The Balaban J connectivity index is 1.37. The molecule has 0 aliphatic carbocycles. The average molecular weight is 584 g/mol. The fourth-order valence-corrected chi connectivity index (χ4v) is 5.82. The number of hydrogen-bond acceptors (Lipinski definition) is 7. The highest BCUT2D eigenvalue weighted by atomic mass is 35.5. The largest absolute Gasteiger partial charge is 0.449 e. The molecule has 1 N–H and O–H groups in total. The number of benzene rings is 2. The summed E-state index contributed by atoms with van der Waals surface area (Å²) >= 11 is 13.4. The van der Waals surface area contributed by atoms with Crippen LogP contribution in [0.15, 0.2) is 47.8 Å². The zero-order valence-electron chi connectivity index (χ0n) is 21.7. The second-order valence-corrected chi connectivity index (χ2v) is 11.1. The Hall–Kier alpha value is -3.04. The Morgan fingerprint density at radius 2 is 1.95 bits per heavy atom. The van der Waals surface area contributed by atoms with Gasteiger partial charge in [-0.15, -0.1) is 11.3 Å². The van der Waals surface area contributed by atoms with E-state index < -0.39 is 18.0 Å². The number of halogens is 2. The lowest BCUT2D eigenvalue weighted by atomic mass is 9.95. The summed E-state index contributed by atoms with van der Waals surface area (Å²) in [6, 6.07) is 12.8. The molecule has 39 heavy (non-hydrogen) atoms. The number of thiazole rings is 1. The molecule has 10 heteroatoms. The molecule has 0 fully saturated rings. The molecule has 202 valence electrons. The van der Waals surface area contributed by atoms with E-state index in [1.54, 1.807) is 12.1 Å². The lowest BCUT2D eigenvalue weighted by Crippen LogP contribution is -2.35. The monoisotopic (exact) mass is 582 g/mol. The molecule has 0 bridgehead atoms. The van der Waals surface area contributed by atoms with Gasteiger partial charge in [-0.25, -0.2) is 9.78 Å². The topological polar surface area (TPSA) is 84.4 Å². The van der Waals surface area contributed by atoms with E-state index in [1.807, 2.05) is 42.6 Å². The number of ether oxygens (including phenoxy) is 1. The van der Waals surface area contributed by atoms with E-state index in [1.165, 1.54) is 11.3 Å². The predicted octanol–water partition coefficient (Wildman–Crippen LogP) is 7.01. The third kappa shape index (κ3) is 5.94. The van der Waals surface area contributed by atoms with E-state index in [2.05, 4.69) is 22.1 Å². The van der Waals surface area contributed by atoms with Gasteiger partial charge in [-0.2, -0.15) is 0 Å². The average Bonchev–Trinajstić information content (AvgIpc) is 3.40. The molecule has 0 spiro atoms. The van der Waals surface area contributed by atoms with Crippen LogP contribution in [0.2, 0.25) is 10.0 Å². The second kappa shape index (κ2) is 12.0. The molecular formula is C29H28Cl2N4O3S. The minimum absolute atomic E-state index is 0.315. The molecule has 5 rings (SSSR count). The highest BCUT2D eigenvalue weighted by Gasteiger charge is 2.29. The van der Waals surface area contributed by atoms with Crippen LogP contribution in [0.5, 0.6) is 0 Å². The summed E-state index contributed by atoms with van der Waals surface area (Å²) in [7, 11) is 0. The lowest BCUT2D eigenvalue weighted by Gasteiger charge is -2.29. The first-order valence-corrected chi connectivity index (χ1v) is 14.6. The fourth-order valence-electron chi connectivity index (χ4n) is 4.80. The number of hydrogen-bond donors (Lipinski definition) is 1. The van der Waals surface area contributed by atoms with E-state index in [9.17, 15) is 9.59 Å². The minimum atomic E-state index is -0.979. The zero-order valence-corrected chi connectivity index (χ0v) is 24.0. The van der Waals surface area contributed by atoms with E-state index in [4.69, 9.17) is 32.9 Å². The fraction of sp³-hybridized carbons (Fsp3) is 0.310. The standard InChI is InChI=1S/C29H28Cl2N4O3S/c1-3-12-35-13-11-23-19(15-35)26(18-7-5-6-8-22(18)32-23)28(37)38-25(4-2)27(36)34-29-33-24(16-39-29)17-9-10-20(30)21(31)14-17/h5-10,14,16,25H,3-4,11-13,15H2,1-2H3,(H,33,34,36). The van der Waals surface area contributed by atoms with Crippen molar-refractivity contribution in [2.75, 3.05) is 18.4 Å². The van der Waals surface area contributed by atoms with Crippen molar-refractivity contribution in [1.82, 2.24) is 14.9 Å². The minimum Gasteiger partial charge on any atom is -0.449 e. The molecule has 0 saturated carbocycles. The molecule has 3 heterocycles. The highest BCUT2D eigenvalue weighted by molar-refractivity contribution is 7.14. The Morgan fingerprint density at radius 3 is 2.72 bits per heavy atom. The number of rotatable bonds is 8. The van der Waals surface area contributed by atoms with Gasteiger partial charge in [-0.05, 0) is 37.6 Å². The highest BCUT2D eigenvalue weighted by Crippen LogP contribution is 2.32. The van der Waals surface area contributed by atoms with Crippen LogP contribution in [-0.2, 0) is 22.5 Å². The zero-order chi connectivity index (χ0) is 27.5. The van der Waals surface area contributed by atoms with Gasteiger partial charge in [0.05, 0.1) is 26.8 Å². The van der Waals surface area contributed by atoms with Crippen molar-refractivity contribution in [1.29, 1.82) is 0 Å². The SMILES string of the molecule is CCCN1CCc2nc3ccccc3c(C(=O)OC(CC)C(=O)Nc3nc(-c4ccc(Cl)c(Cl)c4)cs3)c2C1. The summed E-state index contributed by atoms with van der Waals surface area (Å²) in [5.74, 6) is -0.943. The van der Waals surface area contributed by atoms with Crippen LogP contribution in [0.3, 0.4) is 0 Å². The molecule has 1 unspecified atom stereocenters. The van der Waals surface area contributed by atoms with E-state index in [0.29, 0.717) is 39.4 Å². The van der Waals surface area contributed by atoms with Crippen molar-refractivity contribution >= 4 is 62.4 Å². The molecule has 1 aliphatic rings. The molecule has 1 aliphatic heterocycles. The number of nitrogens with zero attached hydrogens (tertiary/aromatic N) is 3. The molecule has 0 radical (unpaired) electrons. The lowest BCUT2D eigenvalue weighted by molar-refractivity contribution is -0.124. The van der Waals surface area contributed by atoms with Crippen LogP contribution in [0.4, 0.5) is 5.13 Å². The summed E-state index contributed by atoms with van der Waals surface area (Å²) in [4.78, 5) is 38.5. The first kappa shape index (κ1) is 27.5. The third-order valence-electron chi connectivity index (χ3n) is 6.73. The Kier molecular flexibility index (Phi) is 8.47. The van der Waals surface area contributed by atoms with E-state index in [0.717, 1.165) is 53.7 Å². The maximum atomic E-state index is 13.7. The van der Waals surface area contributed by atoms with Crippen molar-refractivity contribution in [3.05, 3.63) is 74.7 Å². The molecule has 0 saturated heterocycles. The summed E-state index contributed by atoms with van der Waals surface area (Å²) < 4.78 is 5.86. The Bertz CT molecular complexity index is 1540. The van der Waals surface area contributed by atoms with Crippen molar-refractivity contribution in [2.24, 2.45) is 0 Å². The van der Waals surface area contributed by atoms with Gasteiger partial charge in [0.1, 0.15) is 0 Å². The van der Waals surface area contributed by atoms with Gasteiger partial charge in [-0.1, -0.05) is 61.3 Å². The molecular weight excluding hydrogens is 555 g/mol. The predicted molar refractivity (Wildman–Crippen MR) is 157 cm³/mol. The molecule has 4 aromatic rings. The summed E-state index contributed by atoms with van der Waals surface area (Å²) in [5, 5.41) is 6.64. The number of fused-ring (bicyclic) bond motifs is 2. The summed E-state index contributed by atoms with van der Waals surface area (Å²) in [6.07, 6.45) is 1.13. The van der Waals surface area contributed by atoms with Gasteiger partial charge in [0, 0.05) is 47.1 Å². The number of carbonyl (C=O) groups excluding carboxylic acids is 2. The molecule has 1 amide bonds. The molecule has 7 nitrogen and oxygen atoms in total. The first-order valence-electron chi connectivity index (χ1n) is 12.9. The van der Waals surface area contributed by atoms with Gasteiger partial charge in [0.15, 0.2) is 11.2 Å². The van der Waals surface area contributed by atoms with Gasteiger partial charge in [-0.3, -0.25) is 20.0 Å².